The van der Waals surface area contributed by atoms with Crippen LogP contribution in [-0.4, -0.2) is 11.9 Å². The second-order valence-electron chi connectivity index (χ2n) is 4.63. The van der Waals surface area contributed by atoms with Gasteiger partial charge in [0.05, 0.1) is 0 Å². The molecule has 0 aliphatic carbocycles. The van der Waals surface area contributed by atoms with Crippen LogP contribution in [0.15, 0.2) is 48.5 Å². The van der Waals surface area contributed by atoms with Crippen molar-refractivity contribution in [3.63, 3.8) is 0 Å². The first kappa shape index (κ1) is 14.4. The molecule has 0 fully saturated rings. The van der Waals surface area contributed by atoms with E-state index in [0.717, 1.165) is 16.9 Å². The number of hydrogen-bond donors (Lipinski definition) is 2. The molecular formula is C16H17ClN2O. The van der Waals surface area contributed by atoms with E-state index in [2.05, 4.69) is 10.6 Å². The number of nitrogens with one attached hydrogen (secondary N) is 2. The molecule has 104 valence electrons. The highest BCUT2D eigenvalue weighted by molar-refractivity contribution is 6.31. The molecule has 0 bridgehead atoms. The van der Waals surface area contributed by atoms with Crippen LogP contribution in [0.5, 0.6) is 0 Å². The van der Waals surface area contributed by atoms with Crippen molar-refractivity contribution in [2.24, 2.45) is 0 Å². The van der Waals surface area contributed by atoms with E-state index in [0.29, 0.717) is 5.02 Å². The second kappa shape index (κ2) is 6.44. The van der Waals surface area contributed by atoms with E-state index in [-0.39, 0.29) is 11.9 Å². The number of para-hydroxylation sites is 1. The van der Waals surface area contributed by atoms with E-state index >= 15 is 0 Å². The van der Waals surface area contributed by atoms with Crippen LogP contribution in [0.2, 0.25) is 5.02 Å². The van der Waals surface area contributed by atoms with Crippen LogP contribution in [0.1, 0.15) is 12.5 Å². The zero-order valence-corrected chi connectivity index (χ0v) is 12.2. The molecule has 2 aromatic rings. The molecule has 4 heteroatoms. The van der Waals surface area contributed by atoms with Gasteiger partial charge in [0, 0.05) is 16.4 Å². The topological polar surface area (TPSA) is 41.1 Å². The lowest BCUT2D eigenvalue weighted by molar-refractivity contribution is -0.116. The third kappa shape index (κ3) is 3.52. The summed E-state index contributed by atoms with van der Waals surface area (Å²) in [6.07, 6.45) is 0. The lowest BCUT2D eigenvalue weighted by atomic mass is 10.1. The normalized spacial score (nSPS) is 11.8. The number of halogens is 1. The van der Waals surface area contributed by atoms with Crippen LogP contribution >= 0.6 is 11.6 Å². The molecular weight excluding hydrogens is 272 g/mol. The van der Waals surface area contributed by atoms with Gasteiger partial charge in [0.2, 0.25) is 5.91 Å². The third-order valence-electron chi connectivity index (χ3n) is 3.07. The van der Waals surface area contributed by atoms with Crippen molar-refractivity contribution in [3.05, 3.63) is 59.1 Å². The molecule has 0 radical (unpaired) electrons. The van der Waals surface area contributed by atoms with Crippen molar-refractivity contribution in [2.45, 2.75) is 19.9 Å². The highest BCUT2D eigenvalue weighted by atomic mass is 35.5. The summed E-state index contributed by atoms with van der Waals surface area (Å²) in [5.41, 5.74) is 2.59. The van der Waals surface area contributed by atoms with Crippen LogP contribution < -0.4 is 10.6 Å². The second-order valence-corrected chi connectivity index (χ2v) is 5.04. The van der Waals surface area contributed by atoms with Crippen molar-refractivity contribution in [1.82, 2.24) is 0 Å². The number of carbonyl (C=O) groups is 1. The smallest absolute Gasteiger partial charge is 0.246 e. The van der Waals surface area contributed by atoms with Gasteiger partial charge in [-0.2, -0.15) is 0 Å². The van der Waals surface area contributed by atoms with Crippen LogP contribution in [0.4, 0.5) is 11.4 Å². The maximum atomic E-state index is 12.1. The van der Waals surface area contributed by atoms with Gasteiger partial charge >= 0.3 is 0 Å². The molecule has 3 nitrogen and oxygen atoms in total. The van der Waals surface area contributed by atoms with Gasteiger partial charge in [-0.05, 0) is 43.7 Å². The summed E-state index contributed by atoms with van der Waals surface area (Å²) in [5.74, 6) is -0.0874. The van der Waals surface area contributed by atoms with Crippen LogP contribution in [0.3, 0.4) is 0 Å². The first-order valence-corrected chi connectivity index (χ1v) is 6.83. The fourth-order valence-corrected chi connectivity index (χ4v) is 2.01. The van der Waals surface area contributed by atoms with E-state index in [1.54, 1.807) is 0 Å². The molecule has 2 N–H and O–H groups in total. The highest BCUT2D eigenvalue weighted by Gasteiger charge is 2.14. The van der Waals surface area contributed by atoms with E-state index in [9.17, 15) is 4.79 Å². The number of rotatable bonds is 4. The fourth-order valence-electron chi connectivity index (χ4n) is 1.83. The molecule has 1 atom stereocenters. The van der Waals surface area contributed by atoms with E-state index < -0.39 is 0 Å². The molecule has 0 saturated carbocycles. The summed E-state index contributed by atoms with van der Waals surface area (Å²) in [5, 5.41) is 6.72. The Balaban J connectivity index is 2.03. The number of amides is 1. The minimum absolute atomic E-state index is 0.0874. The van der Waals surface area contributed by atoms with Gasteiger partial charge in [0.1, 0.15) is 6.04 Å². The maximum absolute atomic E-state index is 12.1. The van der Waals surface area contributed by atoms with Gasteiger partial charge < -0.3 is 10.6 Å². The molecule has 0 spiro atoms. The first-order chi connectivity index (χ1) is 9.58. The van der Waals surface area contributed by atoms with Crippen molar-refractivity contribution >= 4 is 28.9 Å². The Morgan fingerprint density at radius 1 is 1.10 bits per heavy atom. The summed E-state index contributed by atoms with van der Waals surface area (Å²) in [6.45, 7) is 3.74. The molecule has 2 aromatic carbocycles. The van der Waals surface area contributed by atoms with Crippen LogP contribution in [0.25, 0.3) is 0 Å². The Morgan fingerprint density at radius 3 is 2.50 bits per heavy atom. The molecule has 0 unspecified atom stereocenters. The summed E-state index contributed by atoms with van der Waals surface area (Å²) in [7, 11) is 0. The molecule has 0 aliphatic heterocycles. The van der Waals surface area contributed by atoms with Gasteiger partial charge in [-0.15, -0.1) is 0 Å². The molecule has 0 aromatic heterocycles. The SMILES string of the molecule is Cc1c(Cl)cccc1N[C@@H](C)C(=O)Nc1ccccc1. The highest BCUT2D eigenvalue weighted by Crippen LogP contribution is 2.23. The van der Waals surface area contributed by atoms with Crippen LogP contribution in [-0.2, 0) is 4.79 Å². The molecule has 20 heavy (non-hydrogen) atoms. The zero-order chi connectivity index (χ0) is 14.5. The third-order valence-corrected chi connectivity index (χ3v) is 3.48. The molecule has 2 rings (SSSR count). The van der Waals surface area contributed by atoms with Crippen molar-refractivity contribution in [2.75, 3.05) is 10.6 Å². The van der Waals surface area contributed by atoms with Gasteiger partial charge in [-0.25, -0.2) is 0 Å². The number of anilines is 2. The van der Waals surface area contributed by atoms with Gasteiger partial charge in [-0.1, -0.05) is 35.9 Å². The first-order valence-electron chi connectivity index (χ1n) is 6.45. The number of carbonyl (C=O) groups excluding carboxylic acids is 1. The summed E-state index contributed by atoms with van der Waals surface area (Å²) in [6, 6.07) is 14.6. The Kier molecular flexibility index (Phi) is 4.64. The summed E-state index contributed by atoms with van der Waals surface area (Å²) >= 11 is 6.07. The van der Waals surface area contributed by atoms with E-state index in [4.69, 9.17) is 11.6 Å². The zero-order valence-electron chi connectivity index (χ0n) is 11.5. The largest absolute Gasteiger partial charge is 0.374 e. The average Bonchev–Trinajstić information content (AvgIpc) is 2.45. The quantitative estimate of drug-likeness (QED) is 0.890. The molecule has 0 aliphatic rings. The lowest BCUT2D eigenvalue weighted by Gasteiger charge is -2.17. The minimum atomic E-state index is -0.354. The predicted octanol–water partition coefficient (Wildman–Crippen LogP) is 4.09. The Labute approximate surface area is 124 Å². The summed E-state index contributed by atoms with van der Waals surface area (Å²) in [4.78, 5) is 12.1. The Bertz CT molecular complexity index is 599. The Hall–Kier alpha value is -2.00. The van der Waals surface area contributed by atoms with E-state index in [1.165, 1.54) is 0 Å². The fraction of sp³-hybridized carbons (Fsp3) is 0.188. The van der Waals surface area contributed by atoms with Crippen LogP contribution in [0, 0.1) is 6.92 Å². The predicted molar refractivity (Wildman–Crippen MR) is 84.3 cm³/mol. The molecule has 0 heterocycles. The van der Waals surface area contributed by atoms with Crippen molar-refractivity contribution < 1.29 is 4.79 Å². The average molecular weight is 289 g/mol. The van der Waals surface area contributed by atoms with Gasteiger partial charge in [-0.3, -0.25) is 4.79 Å². The molecule has 0 saturated heterocycles. The molecule has 1 amide bonds. The number of hydrogen-bond acceptors (Lipinski definition) is 2. The van der Waals surface area contributed by atoms with Gasteiger partial charge in [0.25, 0.3) is 0 Å². The van der Waals surface area contributed by atoms with E-state index in [1.807, 2.05) is 62.4 Å². The standard InChI is InChI=1S/C16H17ClN2O/c1-11-14(17)9-6-10-15(11)18-12(2)16(20)19-13-7-4-3-5-8-13/h3-10,12,18H,1-2H3,(H,19,20)/t12-/m0/s1. The maximum Gasteiger partial charge on any atom is 0.246 e. The van der Waals surface area contributed by atoms with Crippen molar-refractivity contribution in [1.29, 1.82) is 0 Å². The summed E-state index contributed by atoms with van der Waals surface area (Å²) < 4.78 is 0. The monoisotopic (exact) mass is 288 g/mol. The minimum Gasteiger partial charge on any atom is -0.374 e. The lowest BCUT2D eigenvalue weighted by Crippen LogP contribution is -2.32. The number of benzene rings is 2. The van der Waals surface area contributed by atoms with Gasteiger partial charge in [0.15, 0.2) is 0 Å². The van der Waals surface area contributed by atoms with Crippen molar-refractivity contribution in [3.8, 4) is 0 Å². The Morgan fingerprint density at radius 2 is 1.80 bits per heavy atom.